The molecule has 0 aromatic heterocycles. The van der Waals surface area contributed by atoms with E-state index in [1.54, 1.807) is 13.8 Å². The van der Waals surface area contributed by atoms with E-state index in [-0.39, 0.29) is 18.2 Å². The average Bonchev–Trinajstić information content (AvgIpc) is 2.34. The minimum atomic E-state index is -5.43. The van der Waals surface area contributed by atoms with Crippen LogP contribution in [-0.2, 0) is 9.84 Å². The van der Waals surface area contributed by atoms with Gasteiger partial charge in [0.1, 0.15) is 0 Å². The van der Waals surface area contributed by atoms with Crippen molar-refractivity contribution in [3.05, 3.63) is 24.3 Å². The van der Waals surface area contributed by atoms with Crippen molar-refractivity contribution in [2.45, 2.75) is 30.3 Å². The topological polar surface area (TPSA) is 66.4 Å². The van der Waals surface area contributed by atoms with Gasteiger partial charge in [-0.25, -0.2) is 8.42 Å². The molecule has 0 saturated carbocycles. The molecule has 0 unspecified atom stereocenters. The van der Waals surface area contributed by atoms with Gasteiger partial charge in [0, 0.05) is 0 Å². The summed E-state index contributed by atoms with van der Waals surface area (Å²) in [6.45, 7) is 3.20. The number of para-hydroxylation sites is 1. The molecule has 0 fully saturated rings. The highest BCUT2D eigenvalue weighted by Gasteiger charge is 2.48. The molecule has 0 aliphatic carbocycles. The standard InChI is InChI=1S/C12H16F3NO3S/c1-8(2)10(7-17)16-9-5-3-4-6-11(9)20(18,19)12(13,14)15/h3-6,8,10,16-17H,7H2,1-2H3/t10-/m1/s1. The molecule has 0 amide bonds. The lowest BCUT2D eigenvalue weighted by Gasteiger charge is -2.23. The van der Waals surface area contributed by atoms with Crippen LogP contribution < -0.4 is 5.32 Å². The second kappa shape index (κ2) is 6.01. The first-order valence-corrected chi connectivity index (χ1v) is 7.37. The van der Waals surface area contributed by atoms with Gasteiger partial charge in [0.15, 0.2) is 0 Å². The Morgan fingerprint density at radius 3 is 2.25 bits per heavy atom. The van der Waals surface area contributed by atoms with Crippen molar-refractivity contribution in [3.63, 3.8) is 0 Å². The molecule has 0 heterocycles. The fraction of sp³-hybridized carbons (Fsp3) is 0.500. The van der Waals surface area contributed by atoms with Gasteiger partial charge in [0.25, 0.3) is 9.84 Å². The molecule has 2 N–H and O–H groups in total. The molecule has 114 valence electrons. The van der Waals surface area contributed by atoms with Gasteiger partial charge in [-0.05, 0) is 18.1 Å². The highest BCUT2D eigenvalue weighted by Crippen LogP contribution is 2.34. The lowest BCUT2D eigenvalue weighted by molar-refractivity contribution is -0.0435. The van der Waals surface area contributed by atoms with Gasteiger partial charge in [-0.15, -0.1) is 0 Å². The number of rotatable bonds is 5. The Bertz CT molecular complexity index is 555. The van der Waals surface area contributed by atoms with E-state index < -0.39 is 26.3 Å². The molecule has 0 aliphatic heterocycles. The lowest BCUT2D eigenvalue weighted by atomic mass is 10.1. The third-order valence-corrected chi connectivity index (χ3v) is 4.37. The first-order valence-electron chi connectivity index (χ1n) is 5.89. The molecule has 0 spiro atoms. The zero-order chi connectivity index (χ0) is 15.6. The van der Waals surface area contributed by atoms with Crippen LogP contribution >= 0.6 is 0 Å². The number of sulfone groups is 1. The molecule has 1 rings (SSSR count). The molecule has 0 aliphatic rings. The maximum absolute atomic E-state index is 12.6. The Morgan fingerprint density at radius 1 is 1.25 bits per heavy atom. The monoisotopic (exact) mass is 311 g/mol. The van der Waals surface area contributed by atoms with E-state index in [4.69, 9.17) is 0 Å². The van der Waals surface area contributed by atoms with Gasteiger partial charge in [0.2, 0.25) is 0 Å². The van der Waals surface area contributed by atoms with Crippen molar-refractivity contribution in [3.8, 4) is 0 Å². The largest absolute Gasteiger partial charge is 0.501 e. The Kier molecular flexibility index (Phi) is 5.04. The summed E-state index contributed by atoms with van der Waals surface area (Å²) in [5, 5.41) is 11.8. The minimum absolute atomic E-state index is 0.0818. The van der Waals surface area contributed by atoms with Crippen LogP contribution in [0.15, 0.2) is 29.2 Å². The number of aliphatic hydroxyl groups excluding tert-OH is 1. The van der Waals surface area contributed by atoms with Crippen LogP contribution in [0, 0.1) is 5.92 Å². The summed E-state index contributed by atoms with van der Waals surface area (Å²) in [6, 6.07) is 4.23. The minimum Gasteiger partial charge on any atom is -0.394 e. The van der Waals surface area contributed by atoms with E-state index in [1.165, 1.54) is 18.2 Å². The van der Waals surface area contributed by atoms with Gasteiger partial charge >= 0.3 is 5.51 Å². The number of benzene rings is 1. The van der Waals surface area contributed by atoms with Crippen LogP contribution in [0.3, 0.4) is 0 Å². The van der Waals surface area contributed by atoms with Crippen molar-refractivity contribution in [1.29, 1.82) is 0 Å². The predicted molar refractivity (Wildman–Crippen MR) is 69.0 cm³/mol. The Morgan fingerprint density at radius 2 is 1.80 bits per heavy atom. The van der Waals surface area contributed by atoms with Gasteiger partial charge in [-0.1, -0.05) is 26.0 Å². The van der Waals surface area contributed by atoms with Crippen molar-refractivity contribution in [2.75, 3.05) is 11.9 Å². The van der Waals surface area contributed by atoms with Crippen LogP contribution in [0.5, 0.6) is 0 Å². The van der Waals surface area contributed by atoms with Crippen LogP contribution in [-0.4, -0.2) is 31.7 Å². The van der Waals surface area contributed by atoms with Crippen LogP contribution in [0.2, 0.25) is 0 Å². The third-order valence-electron chi connectivity index (χ3n) is 2.82. The van der Waals surface area contributed by atoms with Gasteiger partial charge in [0.05, 0.1) is 23.2 Å². The summed E-state index contributed by atoms with van der Waals surface area (Å²) >= 11 is 0. The maximum atomic E-state index is 12.6. The van der Waals surface area contributed by atoms with E-state index in [0.717, 1.165) is 6.07 Å². The molecule has 4 nitrogen and oxygen atoms in total. The molecular weight excluding hydrogens is 295 g/mol. The smallest absolute Gasteiger partial charge is 0.394 e. The summed E-state index contributed by atoms with van der Waals surface area (Å²) in [6.07, 6.45) is 0. The molecule has 0 bridgehead atoms. The van der Waals surface area contributed by atoms with Crippen LogP contribution in [0.1, 0.15) is 13.8 Å². The zero-order valence-electron chi connectivity index (χ0n) is 11.0. The quantitative estimate of drug-likeness (QED) is 0.876. The van der Waals surface area contributed by atoms with E-state index in [9.17, 15) is 26.7 Å². The second-order valence-corrected chi connectivity index (χ2v) is 6.53. The maximum Gasteiger partial charge on any atom is 0.501 e. The van der Waals surface area contributed by atoms with E-state index in [1.807, 2.05) is 0 Å². The zero-order valence-corrected chi connectivity index (χ0v) is 11.8. The molecule has 0 radical (unpaired) electrons. The highest BCUT2D eigenvalue weighted by molar-refractivity contribution is 7.92. The molecule has 1 aromatic carbocycles. The number of aliphatic hydroxyl groups is 1. The van der Waals surface area contributed by atoms with E-state index >= 15 is 0 Å². The summed E-state index contributed by atoms with van der Waals surface area (Å²) < 4.78 is 60.8. The van der Waals surface area contributed by atoms with E-state index in [2.05, 4.69) is 5.32 Å². The number of hydrogen-bond acceptors (Lipinski definition) is 4. The normalized spacial score (nSPS) is 14.3. The summed E-state index contributed by atoms with van der Waals surface area (Å²) in [5.74, 6) is -0.0818. The predicted octanol–water partition coefficient (Wildman–Crippen LogP) is 2.41. The third kappa shape index (κ3) is 3.43. The average molecular weight is 311 g/mol. The van der Waals surface area contributed by atoms with Crippen molar-refractivity contribution in [2.24, 2.45) is 5.92 Å². The molecule has 20 heavy (non-hydrogen) atoms. The summed E-state index contributed by atoms with van der Waals surface area (Å²) in [4.78, 5) is -0.841. The molecule has 0 saturated heterocycles. The second-order valence-electron chi connectivity index (χ2n) is 4.62. The Balaban J connectivity index is 3.26. The number of halogens is 3. The highest BCUT2D eigenvalue weighted by atomic mass is 32.2. The van der Waals surface area contributed by atoms with Gasteiger partial charge < -0.3 is 10.4 Å². The van der Waals surface area contributed by atoms with Crippen LogP contribution in [0.25, 0.3) is 0 Å². The van der Waals surface area contributed by atoms with Crippen molar-refractivity contribution in [1.82, 2.24) is 0 Å². The SMILES string of the molecule is CC(C)[C@@H](CO)Nc1ccccc1S(=O)(=O)C(F)(F)F. The molecule has 8 heteroatoms. The number of alkyl halides is 3. The fourth-order valence-electron chi connectivity index (χ4n) is 1.57. The first kappa shape index (κ1) is 16.8. The summed E-state index contributed by atoms with van der Waals surface area (Å²) in [7, 11) is -5.43. The molecule has 1 aromatic rings. The lowest BCUT2D eigenvalue weighted by Crippen LogP contribution is -2.31. The van der Waals surface area contributed by atoms with Crippen molar-refractivity contribution < 1.29 is 26.7 Å². The Hall–Kier alpha value is -1.28. The van der Waals surface area contributed by atoms with E-state index in [0.29, 0.717) is 0 Å². The number of nitrogens with one attached hydrogen (secondary N) is 1. The number of anilines is 1. The fourth-order valence-corrected chi connectivity index (χ4v) is 2.49. The van der Waals surface area contributed by atoms with Crippen molar-refractivity contribution >= 4 is 15.5 Å². The molecule has 1 atom stereocenters. The molecular formula is C12H16F3NO3S. The van der Waals surface area contributed by atoms with Gasteiger partial charge in [-0.2, -0.15) is 13.2 Å². The van der Waals surface area contributed by atoms with Gasteiger partial charge in [-0.3, -0.25) is 0 Å². The summed E-state index contributed by atoms with van der Waals surface area (Å²) in [5.41, 5.74) is -5.53. The van der Waals surface area contributed by atoms with Crippen LogP contribution in [0.4, 0.5) is 18.9 Å². The Labute approximate surface area is 115 Å². The number of hydrogen-bond donors (Lipinski definition) is 2. The first-order chi connectivity index (χ1) is 9.11.